The van der Waals surface area contributed by atoms with Crippen LogP contribution in [-0.4, -0.2) is 37.4 Å². The first kappa shape index (κ1) is 15.2. The zero-order valence-corrected chi connectivity index (χ0v) is 13.2. The molecule has 1 N–H and O–H groups in total. The van der Waals surface area contributed by atoms with Crippen LogP contribution < -0.4 is 5.32 Å². The van der Waals surface area contributed by atoms with Crippen molar-refractivity contribution in [3.63, 3.8) is 0 Å². The maximum absolute atomic E-state index is 12.2. The SMILES string of the molecule is CC(C)n1ccc(C(=O)NC2CCCC(S(C)=O)C2)n1. The van der Waals surface area contributed by atoms with Gasteiger partial charge in [0.25, 0.3) is 5.91 Å². The molecule has 5 nitrogen and oxygen atoms in total. The standard InChI is InChI=1S/C14H23N3O2S/c1-10(2)17-8-7-13(16-17)14(18)15-11-5-4-6-12(9-11)20(3)19/h7-8,10-12H,4-6,9H2,1-3H3,(H,15,18). The van der Waals surface area contributed by atoms with Gasteiger partial charge in [-0.15, -0.1) is 0 Å². The minimum absolute atomic E-state index is 0.120. The quantitative estimate of drug-likeness (QED) is 0.923. The number of carbonyl (C=O) groups is 1. The molecule has 1 aromatic rings. The van der Waals surface area contributed by atoms with Gasteiger partial charge < -0.3 is 5.32 Å². The summed E-state index contributed by atoms with van der Waals surface area (Å²) in [6.07, 6.45) is 7.36. The first-order valence-corrected chi connectivity index (χ1v) is 8.77. The Balaban J connectivity index is 1.95. The number of aromatic nitrogens is 2. The lowest BCUT2D eigenvalue weighted by atomic mass is 9.95. The van der Waals surface area contributed by atoms with Gasteiger partial charge in [-0.1, -0.05) is 6.42 Å². The van der Waals surface area contributed by atoms with E-state index >= 15 is 0 Å². The molecule has 0 bridgehead atoms. The third-order valence-electron chi connectivity index (χ3n) is 3.80. The third-order valence-corrected chi connectivity index (χ3v) is 5.17. The van der Waals surface area contributed by atoms with Gasteiger partial charge in [-0.3, -0.25) is 13.7 Å². The van der Waals surface area contributed by atoms with Crippen LogP contribution in [0.3, 0.4) is 0 Å². The summed E-state index contributed by atoms with van der Waals surface area (Å²) in [6, 6.07) is 2.11. The Labute approximate surface area is 122 Å². The molecule has 20 heavy (non-hydrogen) atoms. The summed E-state index contributed by atoms with van der Waals surface area (Å²) in [5, 5.41) is 7.51. The summed E-state index contributed by atoms with van der Waals surface area (Å²) in [7, 11) is -0.805. The van der Waals surface area contributed by atoms with Crippen LogP contribution in [0.2, 0.25) is 0 Å². The van der Waals surface area contributed by atoms with E-state index in [9.17, 15) is 9.00 Å². The molecular weight excluding hydrogens is 274 g/mol. The van der Waals surface area contributed by atoms with Crippen molar-refractivity contribution >= 4 is 16.7 Å². The average Bonchev–Trinajstić information content (AvgIpc) is 2.88. The number of hydrogen-bond acceptors (Lipinski definition) is 3. The van der Waals surface area contributed by atoms with Gasteiger partial charge >= 0.3 is 0 Å². The number of hydrogen-bond donors (Lipinski definition) is 1. The summed E-state index contributed by atoms with van der Waals surface area (Å²) in [6.45, 7) is 4.05. The zero-order valence-electron chi connectivity index (χ0n) is 12.3. The van der Waals surface area contributed by atoms with Crippen molar-refractivity contribution in [3.05, 3.63) is 18.0 Å². The first-order valence-electron chi connectivity index (χ1n) is 7.15. The highest BCUT2D eigenvalue weighted by Crippen LogP contribution is 2.22. The molecule has 1 aliphatic rings. The molecule has 2 rings (SSSR count). The van der Waals surface area contributed by atoms with E-state index < -0.39 is 10.8 Å². The van der Waals surface area contributed by atoms with Crippen LogP contribution in [0.25, 0.3) is 0 Å². The zero-order chi connectivity index (χ0) is 14.7. The lowest BCUT2D eigenvalue weighted by molar-refractivity contribution is 0.0922. The van der Waals surface area contributed by atoms with E-state index in [0.717, 1.165) is 25.7 Å². The number of nitrogens with one attached hydrogen (secondary N) is 1. The van der Waals surface area contributed by atoms with Crippen LogP contribution in [0.1, 0.15) is 56.1 Å². The van der Waals surface area contributed by atoms with Gasteiger partial charge in [0.15, 0.2) is 0 Å². The topological polar surface area (TPSA) is 64.0 Å². The van der Waals surface area contributed by atoms with E-state index in [4.69, 9.17) is 0 Å². The first-order chi connectivity index (χ1) is 9.47. The van der Waals surface area contributed by atoms with E-state index in [1.807, 2.05) is 20.0 Å². The summed E-state index contributed by atoms with van der Waals surface area (Å²) in [4.78, 5) is 12.2. The minimum Gasteiger partial charge on any atom is -0.348 e. The van der Waals surface area contributed by atoms with Crippen molar-refractivity contribution in [2.75, 3.05) is 6.26 Å². The van der Waals surface area contributed by atoms with Crippen molar-refractivity contribution in [3.8, 4) is 0 Å². The largest absolute Gasteiger partial charge is 0.348 e. The smallest absolute Gasteiger partial charge is 0.271 e. The molecule has 0 saturated heterocycles. The molecule has 1 fully saturated rings. The van der Waals surface area contributed by atoms with E-state index in [1.54, 1.807) is 17.0 Å². The molecule has 1 saturated carbocycles. The van der Waals surface area contributed by atoms with Crippen LogP contribution in [0.4, 0.5) is 0 Å². The molecule has 112 valence electrons. The average molecular weight is 297 g/mol. The maximum atomic E-state index is 12.2. The molecule has 1 heterocycles. The van der Waals surface area contributed by atoms with Crippen LogP contribution >= 0.6 is 0 Å². The normalized spacial score (nSPS) is 24.6. The molecule has 6 heteroatoms. The molecule has 0 aliphatic heterocycles. The van der Waals surface area contributed by atoms with Gasteiger partial charge in [0.1, 0.15) is 5.69 Å². The Morgan fingerprint density at radius 3 is 2.85 bits per heavy atom. The van der Waals surface area contributed by atoms with Gasteiger partial charge in [0.2, 0.25) is 0 Å². The molecule has 3 atom stereocenters. The summed E-state index contributed by atoms with van der Waals surface area (Å²) >= 11 is 0. The Morgan fingerprint density at radius 1 is 1.50 bits per heavy atom. The minimum atomic E-state index is -0.805. The van der Waals surface area contributed by atoms with Crippen molar-refractivity contribution in [2.45, 2.75) is 56.9 Å². The molecule has 3 unspecified atom stereocenters. The Morgan fingerprint density at radius 2 is 2.25 bits per heavy atom. The molecule has 0 spiro atoms. The third kappa shape index (κ3) is 3.69. The molecule has 0 aromatic carbocycles. The van der Waals surface area contributed by atoms with E-state index in [2.05, 4.69) is 10.4 Å². The number of carbonyl (C=O) groups excluding carboxylic acids is 1. The van der Waals surface area contributed by atoms with E-state index in [0.29, 0.717) is 5.69 Å². The number of amides is 1. The van der Waals surface area contributed by atoms with Crippen molar-refractivity contribution in [1.29, 1.82) is 0 Å². The van der Waals surface area contributed by atoms with Gasteiger partial charge in [-0.2, -0.15) is 5.10 Å². The second-order valence-electron chi connectivity index (χ2n) is 5.73. The fourth-order valence-electron chi connectivity index (χ4n) is 2.58. The van der Waals surface area contributed by atoms with Gasteiger partial charge in [0, 0.05) is 40.6 Å². The molecule has 1 amide bonds. The lowest BCUT2D eigenvalue weighted by Gasteiger charge is -2.28. The molecule has 1 aliphatic carbocycles. The number of rotatable bonds is 4. The molecule has 1 aromatic heterocycles. The highest BCUT2D eigenvalue weighted by Gasteiger charge is 2.26. The second-order valence-corrected chi connectivity index (χ2v) is 7.40. The maximum Gasteiger partial charge on any atom is 0.271 e. The van der Waals surface area contributed by atoms with Gasteiger partial charge in [-0.05, 0) is 39.2 Å². The van der Waals surface area contributed by atoms with Crippen molar-refractivity contribution < 1.29 is 9.00 Å². The fourth-order valence-corrected chi connectivity index (χ4v) is 3.59. The second kappa shape index (κ2) is 6.52. The summed E-state index contributed by atoms with van der Waals surface area (Å²) in [5.41, 5.74) is 0.457. The van der Waals surface area contributed by atoms with Crippen LogP contribution in [0, 0.1) is 0 Å². The monoisotopic (exact) mass is 297 g/mol. The Bertz CT molecular complexity index is 498. The predicted molar refractivity (Wildman–Crippen MR) is 80.2 cm³/mol. The molecular formula is C14H23N3O2S. The van der Waals surface area contributed by atoms with E-state index in [1.165, 1.54) is 0 Å². The Kier molecular flexibility index (Phi) is 4.96. The molecule has 0 radical (unpaired) electrons. The van der Waals surface area contributed by atoms with Crippen LogP contribution in [0.5, 0.6) is 0 Å². The van der Waals surface area contributed by atoms with Crippen molar-refractivity contribution in [2.24, 2.45) is 0 Å². The highest BCUT2D eigenvalue weighted by atomic mass is 32.2. The van der Waals surface area contributed by atoms with Crippen LogP contribution in [0.15, 0.2) is 12.3 Å². The fraction of sp³-hybridized carbons (Fsp3) is 0.714. The van der Waals surface area contributed by atoms with E-state index in [-0.39, 0.29) is 23.2 Å². The van der Waals surface area contributed by atoms with Crippen molar-refractivity contribution in [1.82, 2.24) is 15.1 Å². The Hall–Kier alpha value is -1.17. The number of nitrogens with zero attached hydrogens (tertiary/aromatic N) is 2. The highest BCUT2D eigenvalue weighted by molar-refractivity contribution is 7.84. The van der Waals surface area contributed by atoms with Gasteiger partial charge in [-0.25, -0.2) is 0 Å². The summed E-state index contributed by atoms with van der Waals surface area (Å²) < 4.78 is 13.3. The predicted octanol–water partition coefficient (Wildman–Crippen LogP) is 1.88. The lowest BCUT2D eigenvalue weighted by Crippen LogP contribution is -2.40. The summed E-state index contributed by atoms with van der Waals surface area (Å²) in [5.74, 6) is -0.128. The van der Waals surface area contributed by atoms with Crippen LogP contribution in [-0.2, 0) is 10.8 Å². The van der Waals surface area contributed by atoms with Gasteiger partial charge in [0.05, 0.1) is 0 Å².